The standard InChI is InChI=1S/C9H12FN3OS/c10-8-4-12-9(13-5-8)15(14)6-7-1-2-11-3-7/h4-5,7,11H,1-3,6H2/t7-,15+/m0/s1. The minimum absolute atomic E-state index is 0.225. The van der Waals surface area contributed by atoms with Crippen LogP contribution in [0.2, 0.25) is 0 Å². The minimum Gasteiger partial charge on any atom is -0.316 e. The van der Waals surface area contributed by atoms with Crippen molar-refractivity contribution in [1.82, 2.24) is 15.3 Å². The maximum Gasteiger partial charge on any atom is 0.218 e. The Morgan fingerprint density at radius 3 is 2.87 bits per heavy atom. The quantitative estimate of drug-likeness (QED) is 0.759. The molecule has 0 saturated carbocycles. The summed E-state index contributed by atoms with van der Waals surface area (Å²) in [6.07, 6.45) is 3.13. The molecular formula is C9H12FN3OS. The Labute approximate surface area is 89.8 Å². The first kappa shape index (κ1) is 10.6. The van der Waals surface area contributed by atoms with Crippen LogP contribution in [0.25, 0.3) is 0 Å². The molecule has 2 heterocycles. The number of halogens is 1. The largest absolute Gasteiger partial charge is 0.316 e. The average Bonchev–Trinajstić information content (AvgIpc) is 2.71. The molecule has 15 heavy (non-hydrogen) atoms. The first-order valence-electron chi connectivity index (χ1n) is 4.82. The predicted octanol–water partition coefficient (Wildman–Crippen LogP) is 0.333. The highest BCUT2D eigenvalue weighted by Gasteiger charge is 2.19. The molecule has 0 radical (unpaired) electrons. The molecule has 4 nitrogen and oxygen atoms in total. The predicted molar refractivity (Wildman–Crippen MR) is 54.2 cm³/mol. The molecule has 0 unspecified atom stereocenters. The molecule has 2 rings (SSSR count). The zero-order valence-electron chi connectivity index (χ0n) is 8.15. The second kappa shape index (κ2) is 4.76. The Morgan fingerprint density at radius 2 is 2.27 bits per heavy atom. The lowest BCUT2D eigenvalue weighted by Crippen LogP contribution is -2.16. The highest BCUT2D eigenvalue weighted by atomic mass is 32.2. The van der Waals surface area contributed by atoms with Crippen LogP contribution >= 0.6 is 0 Å². The van der Waals surface area contributed by atoms with Crippen molar-refractivity contribution >= 4 is 10.8 Å². The summed E-state index contributed by atoms with van der Waals surface area (Å²) in [4.78, 5) is 7.43. The molecule has 0 bridgehead atoms. The van der Waals surface area contributed by atoms with Crippen molar-refractivity contribution in [2.45, 2.75) is 11.6 Å². The molecule has 1 aromatic heterocycles. The summed E-state index contributed by atoms with van der Waals surface area (Å²) < 4.78 is 24.3. The molecule has 0 amide bonds. The van der Waals surface area contributed by atoms with Crippen molar-refractivity contribution in [3.63, 3.8) is 0 Å². The third-order valence-corrected chi connectivity index (χ3v) is 3.74. The first-order valence-corrected chi connectivity index (χ1v) is 6.14. The topological polar surface area (TPSA) is 54.9 Å². The summed E-state index contributed by atoms with van der Waals surface area (Å²) in [5, 5.41) is 3.43. The van der Waals surface area contributed by atoms with Crippen LogP contribution in [-0.4, -0.2) is 33.0 Å². The summed E-state index contributed by atoms with van der Waals surface area (Å²) in [6, 6.07) is 0. The number of rotatable bonds is 3. The molecule has 1 saturated heterocycles. The summed E-state index contributed by atoms with van der Waals surface area (Å²) in [6.45, 7) is 1.87. The molecule has 1 aromatic rings. The highest BCUT2D eigenvalue weighted by Crippen LogP contribution is 2.11. The molecule has 1 fully saturated rings. The Hall–Kier alpha value is -0.880. The lowest BCUT2D eigenvalue weighted by molar-refractivity contribution is 0.599. The van der Waals surface area contributed by atoms with Crippen LogP contribution in [0.4, 0.5) is 4.39 Å². The zero-order chi connectivity index (χ0) is 10.7. The fourth-order valence-electron chi connectivity index (χ4n) is 1.56. The molecule has 0 aromatic carbocycles. The van der Waals surface area contributed by atoms with E-state index in [2.05, 4.69) is 15.3 Å². The third kappa shape index (κ3) is 2.79. The van der Waals surface area contributed by atoms with Gasteiger partial charge in [0.05, 0.1) is 23.2 Å². The van der Waals surface area contributed by atoms with Crippen LogP contribution in [0.1, 0.15) is 6.42 Å². The smallest absolute Gasteiger partial charge is 0.218 e. The molecule has 1 N–H and O–H groups in total. The van der Waals surface area contributed by atoms with Crippen LogP contribution in [0.5, 0.6) is 0 Å². The van der Waals surface area contributed by atoms with Gasteiger partial charge in [0.15, 0.2) is 5.82 Å². The van der Waals surface area contributed by atoms with Gasteiger partial charge in [-0.05, 0) is 25.4 Å². The van der Waals surface area contributed by atoms with Crippen LogP contribution in [-0.2, 0) is 10.8 Å². The van der Waals surface area contributed by atoms with Gasteiger partial charge < -0.3 is 5.32 Å². The van der Waals surface area contributed by atoms with Gasteiger partial charge in [-0.2, -0.15) is 0 Å². The second-order valence-corrected chi connectivity index (χ2v) is 4.94. The normalized spacial score (nSPS) is 22.9. The Morgan fingerprint density at radius 1 is 1.53 bits per heavy atom. The summed E-state index contributed by atoms with van der Waals surface area (Å²) in [5.41, 5.74) is 0. The SMILES string of the molecule is O=[S@](C[C@H]1CCNC1)c1ncc(F)cn1. The summed E-state index contributed by atoms with van der Waals surface area (Å²) in [5.74, 6) is 0.469. The number of nitrogens with one attached hydrogen (secondary N) is 1. The van der Waals surface area contributed by atoms with Crippen LogP contribution in [0, 0.1) is 11.7 Å². The van der Waals surface area contributed by atoms with Crippen molar-refractivity contribution in [3.8, 4) is 0 Å². The monoisotopic (exact) mass is 229 g/mol. The molecule has 1 aliphatic heterocycles. The molecule has 82 valence electrons. The van der Waals surface area contributed by atoms with E-state index in [0.717, 1.165) is 31.9 Å². The van der Waals surface area contributed by atoms with E-state index >= 15 is 0 Å². The maximum absolute atomic E-state index is 12.5. The van der Waals surface area contributed by atoms with Gasteiger partial charge in [-0.1, -0.05) is 0 Å². The van der Waals surface area contributed by atoms with E-state index < -0.39 is 16.6 Å². The molecule has 6 heteroatoms. The third-order valence-electron chi connectivity index (χ3n) is 2.35. The second-order valence-electron chi connectivity index (χ2n) is 3.55. The van der Waals surface area contributed by atoms with E-state index in [9.17, 15) is 8.60 Å². The van der Waals surface area contributed by atoms with E-state index in [4.69, 9.17) is 0 Å². The maximum atomic E-state index is 12.5. The van der Waals surface area contributed by atoms with Crippen LogP contribution < -0.4 is 5.32 Å². The van der Waals surface area contributed by atoms with Crippen molar-refractivity contribution in [2.75, 3.05) is 18.8 Å². The molecule has 0 aliphatic carbocycles. The van der Waals surface area contributed by atoms with Gasteiger partial charge in [0.1, 0.15) is 0 Å². The first-order chi connectivity index (χ1) is 7.25. The van der Waals surface area contributed by atoms with Gasteiger partial charge >= 0.3 is 0 Å². The van der Waals surface area contributed by atoms with E-state index in [1.807, 2.05) is 0 Å². The van der Waals surface area contributed by atoms with Crippen molar-refractivity contribution in [2.24, 2.45) is 5.92 Å². The van der Waals surface area contributed by atoms with E-state index in [1.54, 1.807) is 0 Å². The Balaban J connectivity index is 1.98. The van der Waals surface area contributed by atoms with Crippen molar-refractivity contribution in [3.05, 3.63) is 18.2 Å². The van der Waals surface area contributed by atoms with Gasteiger partial charge in [-0.3, -0.25) is 4.21 Å². The minimum atomic E-state index is -1.21. The van der Waals surface area contributed by atoms with E-state index in [-0.39, 0.29) is 5.16 Å². The average molecular weight is 229 g/mol. The van der Waals surface area contributed by atoms with Gasteiger partial charge in [-0.15, -0.1) is 0 Å². The van der Waals surface area contributed by atoms with Crippen LogP contribution in [0.3, 0.4) is 0 Å². The van der Waals surface area contributed by atoms with Gasteiger partial charge in [0, 0.05) is 5.75 Å². The Kier molecular flexibility index (Phi) is 3.37. The van der Waals surface area contributed by atoms with Crippen LogP contribution in [0.15, 0.2) is 17.6 Å². The fourth-order valence-corrected chi connectivity index (χ4v) is 2.77. The van der Waals surface area contributed by atoms with Gasteiger partial charge in [0.2, 0.25) is 5.16 Å². The Bertz CT molecular complexity index is 351. The molecule has 2 atom stereocenters. The lowest BCUT2D eigenvalue weighted by atomic mass is 10.2. The lowest BCUT2D eigenvalue weighted by Gasteiger charge is -2.06. The zero-order valence-corrected chi connectivity index (χ0v) is 8.97. The van der Waals surface area contributed by atoms with E-state index in [1.165, 1.54) is 0 Å². The number of hydrogen-bond donors (Lipinski definition) is 1. The number of aromatic nitrogens is 2. The fraction of sp³-hybridized carbons (Fsp3) is 0.556. The number of nitrogens with zero attached hydrogens (tertiary/aromatic N) is 2. The molecule has 0 spiro atoms. The van der Waals surface area contributed by atoms with E-state index in [0.29, 0.717) is 11.7 Å². The summed E-state index contributed by atoms with van der Waals surface area (Å²) >= 11 is 0. The van der Waals surface area contributed by atoms with Gasteiger partial charge in [0.25, 0.3) is 0 Å². The molecular weight excluding hydrogens is 217 g/mol. The van der Waals surface area contributed by atoms with Gasteiger partial charge in [-0.25, -0.2) is 14.4 Å². The summed E-state index contributed by atoms with van der Waals surface area (Å²) in [7, 11) is -1.21. The van der Waals surface area contributed by atoms with Crippen molar-refractivity contribution in [1.29, 1.82) is 0 Å². The molecule has 1 aliphatic rings. The van der Waals surface area contributed by atoms with Crippen molar-refractivity contribution < 1.29 is 8.60 Å². The number of hydrogen-bond acceptors (Lipinski definition) is 4. The highest BCUT2D eigenvalue weighted by molar-refractivity contribution is 7.84.